The van der Waals surface area contributed by atoms with Crippen LogP contribution < -0.4 is 5.56 Å². The number of imidazole rings is 1. The van der Waals surface area contributed by atoms with Gasteiger partial charge in [0.25, 0.3) is 5.56 Å². The molecule has 0 bridgehead atoms. The van der Waals surface area contributed by atoms with E-state index < -0.39 is 0 Å². The molecular formula is C19H12N6OS. The number of hydrogen-bond donors (Lipinski definition) is 2. The van der Waals surface area contributed by atoms with Crippen LogP contribution in [0.5, 0.6) is 0 Å². The van der Waals surface area contributed by atoms with E-state index in [1.165, 1.54) is 0 Å². The highest BCUT2D eigenvalue weighted by atomic mass is 32.1. The van der Waals surface area contributed by atoms with Gasteiger partial charge in [0.2, 0.25) is 0 Å². The third kappa shape index (κ3) is 2.01. The third-order valence-electron chi connectivity index (χ3n) is 4.71. The van der Waals surface area contributed by atoms with E-state index in [0.29, 0.717) is 28.3 Å². The number of fused-ring (bicyclic) bond motifs is 6. The second-order valence-corrected chi connectivity index (χ2v) is 7.48. The van der Waals surface area contributed by atoms with Crippen molar-refractivity contribution in [2.24, 2.45) is 0 Å². The number of H-pyrrole nitrogens is 2. The van der Waals surface area contributed by atoms with Crippen LogP contribution in [-0.4, -0.2) is 29.5 Å². The summed E-state index contributed by atoms with van der Waals surface area (Å²) in [7, 11) is 0. The SMILES string of the molecule is Cc1ccc2cc3c(nc2c1)nn1c2nc(-c4cccs4)[nH]c2c(=O)[nH]c31. The molecule has 1 aromatic carbocycles. The highest BCUT2D eigenvalue weighted by Crippen LogP contribution is 2.26. The van der Waals surface area contributed by atoms with E-state index in [4.69, 9.17) is 0 Å². The summed E-state index contributed by atoms with van der Waals surface area (Å²) < 4.78 is 1.66. The molecule has 27 heavy (non-hydrogen) atoms. The third-order valence-corrected chi connectivity index (χ3v) is 5.59. The predicted molar refractivity (Wildman–Crippen MR) is 106 cm³/mol. The summed E-state index contributed by atoms with van der Waals surface area (Å²) in [4.78, 5) is 29.0. The first kappa shape index (κ1) is 14.6. The predicted octanol–water partition coefficient (Wildman–Crippen LogP) is 3.64. The summed E-state index contributed by atoms with van der Waals surface area (Å²) >= 11 is 1.56. The largest absolute Gasteiger partial charge is 0.331 e. The van der Waals surface area contributed by atoms with Gasteiger partial charge < -0.3 is 9.97 Å². The molecule has 0 atom stereocenters. The van der Waals surface area contributed by atoms with Crippen LogP contribution in [0.2, 0.25) is 0 Å². The molecule has 0 fully saturated rings. The fourth-order valence-corrected chi connectivity index (χ4v) is 4.09. The highest BCUT2D eigenvalue weighted by Gasteiger charge is 2.17. The van der Waals surface area contributed by atoms with Crippen LogP contribution in [0.4, 0.5) is 0 Å². The lowest BCUT2D eigenvalue weighted by molar-refractivity contribution is 0.973. The minimum atomic E-state index is -0.224. The Balaban J connectivity index is 1.75. The Labute approximate surface area is 155 Å². The second-order valence-electron chi connectivity index (χ2n) is 6.53. The molecule has 6 aromatic rings. The number of nitrogens with one attached hydrogen (secondary N) is 2. The maximum Gasteiger partial charge on any atom is 0.277 e. The second kappa shape index (κ2) is 5.01. The zero-order valence-corrected chi connectivity index (χ0v) is 15.0. The van der Waals surface area contributed by atoms with Crippen LogP contribution in [0.1, 0.15) is 5.56 Å². The topological polar surface area (TPSA) is 91.7 Å². The van der Waals surface area contributed by atoms with E-state index in [9.17, 15) is 4.79 Å². The van der Waals surface area contributed by atoms with Crippen molar-refractivity contribution in [3.05, 3.63) is 57.7 Å². The van der Waals surface area contributed by atoms with Gasteiger partial charge in [-0.25, -0.2) is 9.97 Å². The number of aryl methyl sites for hydroxylation is 1. The number of pyridine rings is 1. The molecule has 0 amide bonds. The Morgan fingerprint density at radius 2 is 2.04 bits per heavy atom. The average Bonchev–Trinajstić information content (AvgIpc) is 3.38. The Bertz CT molecular complexity index is 1550. The van der Waals surface area contributed by atoms with Crippen LogP contribution in [0.3, 0.4) is 0 Å². The molecule has 0 aliphatic carbocycles. The van der Waals surface area contributed by atoms with Crippen molar-refractivity contribution in [2.45, 2.75) is 6.92 Å². The maximum absolute atomic E-state index is 12.6. The van der Waals surface area contributed by atoms with Crippen LogP contribution >= 0.6 is 11.3 Å². The van der Waals surface area contributed by atoms with Crippen molar-refractivity contribution in [3.8, 4) is 10.7 Å². The standard InChI is InChI=1S/C19H12N6OS/c1-9-4-5-10-8-11-15(20-12(10)7-9)24-25-17(11)23-19(26)14-18(25)22-16(21-14)13-3-2-6-27-13/h2-8H,1H3,(H,21,22)(H,23,26). The lowest BCUT2D eigenvalue weighted by Gasteiger charge is -1.98. The quantitative estimate of drug-likeness (QED) is 0.461. The van der Waals surface area contributed by atoms with Crippen molar-refractivity contribution in [2.75, 3.05) is 0 Å². The highest BCUT2D eigenvalue weighted by molar-refractivity contribution is 7.13. The normalized spacial score (nSPS) is 12.0. The van der Waals surface area contributed by atoms with Gasteiger partial charge in [0.05, 0.1) is 15.8 Å². The summed E-state index contributed by atoms with van der Waals surface area (Å²) in [5.41, 5.74) is 3.87. The van der Waals surface area contributed by atoms with E-state index in [0.717, 1.165) is 26.7 Å². The molecule has 0 spiro atoms. The van der Waals surface area contributed by atoms with Crippen molar-refractivity contribution in [1.82, 2.24) is 29.5 Å². The molecule has 2 N–H and O–H groups in total. The molecule has 5 aromatic heterocycles. The van der Waals surface area contributed by atoms with Gasteiger partial charge >= 0.3 is 0 Å². The van der Waals surface area contributed by atoms with Gasteiger partial charge in [0.1, 0.15) is 5.65 Å². The van der Waals surface area contributed by atoms with Crippen LogP contribution in [-0.2, 0) is 0 Å². The zero-order chi connectivity index (χ0) is 18.1. The summed E-state index contributed by atoms with van der Waals surface area (Å²) in [5, 5.41) is 8.39. The van der Waals surface area contributed by atoms with Crippen molar-refractivity contribution < 1.29 is 0 Å². The first-order valence-electron chi connectivity index (χ1n) is 8.43. The Morgan fingerprint density at radius 1 is 1.11 bits per heavy atom. The number of nitrogens with zero attached hydrogens (tertiary/aromatic N) is 4. The first-order valence-corrected chi connectivity index (χ1v) is 9.31. The monoisotopic (exact) mass is 372 g/mol. The number of thiophene rings is 1. The minimum Gasteiger partial charge on any atom is -0.331 e. The number of benzene rings is 1. The van der Waals surface area contributed by atoms with E-state index in [-0.39, 0.29) is 5.56 Å². The van der Waals surface area contributed by atoms with E-state index in [1.807, 2.05) is 48.7 Å². The van der Waals surface area contributed by atoms with Gasteiger partial charge in [-0.05, 0) is 36.1 Å². The van der Waals surface area contributed by atoms with Gasteiger partial charge in [-0.15, -0.1) is 16.4 Å². The summed E-state index contributed by atoms with van der Waals surface area (Å²) in [6.45, 7) is 2.03. The number of aromatic amines is 2. The number of hydrogen-bond acceptors (Lipinski definition) is 5. The zero-order valence-electron chi connectivity index (χ0n) is 14.1. The number of aromatic nitrogens is 6. The lowest BCUT2D eigenvalue weighted by Crippen LogP contribution is -2.09. The van der Waals surface area contributed by atoms with Crippen LogP contribution in [0, 0.1) is 6.92 Å². The summed E-state index contributed by atoms with van der Waals surface area (Å²) in [6, 6.07) is 12.0. The molecule has 0 radical (unpaired) electrons. The van der Waals surface area contributed by atoms with Crippen molar-refractivity contribution in [1.29, 1.82) is 0 Å². The van der Waals surface area contributed by atoms with Crippen molar-refractivity contribution in [3.63, 3.8) is 0 Å². The molecule has 7 nitrogen and oxygen atoms in total. The fraction of sp³-hybridized carbons (Fsp3) is 0.0526. The first-order chi connectivity index (χ1) is 13.2. The Morgan fingerprint density at radius 3 is 2.89 bits per heavy atom. The smallest absolute Gasteiger partial charge is 0.277 e. The van der Waals surface area contributed by atoms with Crippen LogP contribution in [0.15, 0.2) is 46.6 Å². The fourth-order valence-electron chi connectivity index (χ4n) is 3.43. The summed E-state index contributed by atoms with van der Waals surface area (Å²) in [5.74, 6) is 0.659. The lowest BCUT2D eigenvalue weighted by atomic mass is 10.1. The van der Waals surface area contributed by atoms with Gasteiger partial charge in [-0.1, -0.05) is 18.2 Å². The Kier molecular flexibility index (Phi) is 2.72. The number of rotatable bonds is 1. The molecule has 0 aliphatic rings. The van der Waals surface area contributed by atoms with Gasteiger partial charge in [0, 0.05) is 5.39 Å². The molecule has 0 saturated carbocycles. The molecule has 0 aliphatic heterocycles. The minimum absolute atomic E-state index is 0.224. The molecule has 0 unspecified atom stereocenters. The average molecular weight is 372 g/mol. The van der Waals surface area contributed by atoms with Crippen LogP contribution in [0.25, 0.3) is 49.4 Å². The van der Waals surface area contributed by atoms with Gasteiger partial charge in [0.15, 0.2) is 22.6 Å². The van der Waals surface area contributed by atoms with E-state index >= 15 is 0 Å². The van der Waals surface area contributed by atoms with Gasteiger partial charge in [-0.2, -0.15) is 4.52 Å². The molecule has 0 saturated heterocycles. The summed E-state index contributed by atoms with van der Waals surface area (Å²) in [6.07, 6.45) is 0. The maximum atomic E-state index is 12.6. The molecule has 5 heterocycles. The van der Waals surface area contributed by atoms with Gasteiger partial charge in [-0.3, -0.25) is 4.79 Å². The van der Waals surface area contributed by atoms with E-state index in [2.05, 4.69) is 25.0 Å². The molecular weight excluding hydrogens is 360 g/mol. The van der Waals surface area contributed by atoms with E-state index in [1.54, 1.807) is 15.9 Å². The molecule has 130 valence electrons. The Hall–Kier alpha value is -3.52. The molecule has 6 rings (SSSR count). The molecule has 8 heteroatoms. The van der Waals surface area contributed by atoms with Crippen molar-refractivity contribution >= 4 is 50.1 Å².